The van der Waals surface area contributed by atoms with Crippen LogP contribution in [0.1, 0.15) is 29.9 Å². The number of halogens is 4. The lowest BCUT2D eigenvalue weighted by Crippen LogP contribution is -2.31. The van der Waals surface area contributed by atoms with Gasteiger partial charge in [0.25, 0.3) is 5.78 Å². The standard InChI is InChI=1S/C19H15F4NO4/c1-10(25)27-8-18(2)9-28-16-13(18)7-14(17(26)19(21,22)23)24-15(16)11-3-5-12(20)6-4-11/h3-7H,8-9H2,1-2H3. The second-order valence-corrected chi connectivity index (χ2v) is 6.70. The lowest BCUT2D eigenvalue weighted by Gasteiger charge is -2.22. The van der Waals surface area contributed by atoms with Gasteiger partial charge in [-0.3, -0.25) is 9.59 Å². The van der Waals surface area contributed by atoms with E-state index in [1.54, 1.807) is 6.92 Å². The maximum atomic E-state index is 13.2. The number of esters is 1. The molecule has 0 bridgehead atoms. The molecule has 1 unspecified atom stereocenters. The first-order chi connectivity index (χ1) is 13.0. The van der Waals surface area contributed by atoms with Crippen LogP contribution < -0.4 is 4.74 Å². The topological polar surface area (TPSA) is 65.5 Å². The van der Waals surface area contributed by atoms with Crippen molar-refractivity contribution < 1.29 is 36.6 Å². The van der Waals surface area contributed by atoms with Crippen molar-refractivity contribution in [3.63, 3.8) is 0 Å². The number of rotatable bonds is 4. The Morgan fingerprint density at radius 3 is 2.46 bits per heavy atom. The SMILES string of the molecule is CC(=O)OCC1(C)COc2c1cc(C(=O)C(F)(F)F)nc2-c1ccc(F)cc1. The van der Waals surface area contributed by atoms with Gasteiger partial charge in [0, 0.05) is 18.1 Å². The zero-order valence-electron chi connectivity index (χ0n) is 14.9. The molecule has 28 heavy (non-hydrogen) atoms. The van der Waals surface area contributed by atoms with E-state index in [1.165, 1.54) is 19.1 Å². The highest BCUT2D eigenvalue weighted by molar-refractivity contribution is 5.99. The highest BCUT2D eigenvalue weighted by atomic mass is 19.4. The number of Topliss-reactive ketones (excluding diaryl/α,β-unsaturated/α-hetero) is 1. The molecule has 1 aromatic carbocycles. The first-order valence-corrected chi connectivity index (χ1v) is 8.20. The number of hydrogen-bond donors (Lipinski definition) is 0. The smallest absolute Gasteiger partial charge is 0.456 e. The van der Waals surface area contributed by atoms with Crippen molar-refractivity contribution >= 4 is 11.8 Å². The summed E-state index contributed by atoms with van der Waals surface area (Å²) in [5.74, 6) is -3.04. The number of hydrogen-bond acceptors (Lipinski definition) is 5. The van der Waals surface area contributed by atoms with E-state index in [9.17, 15) is 27.2 Å². The molecule has 0 radical (unpaired) electrons. The highest BCUT2D eigenvalue weighted by Crippen LogP contribution is 2.45. The van der Waals surface area contributed by atoms with E-state index in [4.69, 9.17) is 9.47 Å². The summed E-state index contributed by atoms with van der Waals surface area (Å²) in [6.07, 6.45) is -5.12. The van der Waals surface area contributed by atoms with Gasteiger partial charge in [0.1, 0.15) is 36.2 Å². The number of fused-ring (bicyclic) bond motifs is 1. The van der Waals surface area contributed by atoms with Gasteiger partial charge in [0.2, 0.25) is 0 Å². The second kappa shape index (κ2) is 6.88. The fourth-order valence-electron chi connectivity index (χ4n) is 2.88. The molecule has 0 saturated carbocycles. The third-order valence-corrected chi connectivity index (χ3v) is 4.36. The number of aromatic nitrogens is 1. The molecule has 5 nitrogen and oxygen atoms in total. The van der Waals surface area contributed by atoms with Crippen LogP contribution in [0.4, 0.5) is 17.6 Å². The van der Waals surface area contributed by atoms with Crippen LogP contribution in [0.25, 0.3) is 11.3 Å². The Morgan fingerprint density at radius 2 is 1.89 bits per heavy atom. The summed E-state index contributed by atoms with van der Waals surface area (Å²) in [6, 6.07) is 5.90. The molecule has 0 fully saturated rings. The predicted octanol–water partition coefficient (Wildman–Crippen LogP) is 3.85. The van der Waals surface area contributed by atoms with E-state index >= 15 is 0 Å². The summed E-state index contributed by atoms with van der Waals surface area (Å²) in [7, 11) is 0. The summed E-state index contributed by atoms with van der Waals surface area (Å²) < 4.78 is 62.8. The van der Waals surface area contributed by atoms with Crippen molar-refractivity contribution in [3.05, 3.63) is 47.4 Å². The Kier molecular flexibility index (Phi) is 4.86. The monoisotopic (exact) mass is 397 g/mol. The molecule has 0 saturated heterocycles. The predicted molar refractivity (Wildman–Crippen MR) is 89.5 cm³/mol. The molecule has 0 spiro atoms. The van der Waals surface area contributed by atoms with Crippen LogP contribution in [0.3, 0.4) is 0 Å². The molecule has 0 aliphatic carbocycles. The molecule has 0 N–H and O–H groups in total. The molecule has 148 valence electrons. The maximum absolute atomic E-state index is 13.2. The molecule has 2 aromatic rings. The number of carbonyl (C=O) groups is 2. The average molecular weight is 397 g/mol. The first-order valence-electron chi connectivity index (χ1n) is 8.20. The maximum Gasteiger partial charge on any atom is 0.456 e. The van der Waals surface area contributed by atoms with E-state index in [2.05, 4.69) is 4.98 Å². The Hall–Kier alpha value is -2.97. The Bertz CT molecular complexity index is 940. The number of ketones is 1. The summed E-state index contributed by atoms with van der Waals surface area (Å²) in [4.78, 5) is 26.8. The number of carbonyl (C=O) groups excluding carboxylic acids is 2. The van der Waals surface area contributed by atoms with Gasteiger partial charge in [0.05, 0.1) is 5.41 Å². The van der Waals surface area contributed by atoms with Crippen LogP contribution in [0.15, 0.2) is 30.3 Å². The van der Waals surface area contributed by atoms with Gasteiger partial charge in [-0.25, -0.2) is 9.37 Å². The molecule has 1 atom stereocenters. The van der Waals surface area contributed by atoms with E-state index < -0.39 is 34.9 Å². The van der Waals surface area contributed by atoms with Crippen LogP contribution in [-0.2, 0) is 14.9 Å². The quantitative estimate of drug-likeness (QED) is 0.446. The molecule has 2 heterocycles. The van der Waals surface area contributed by atoms with Crippen LogP contribution in [-0.4, -0.2) is 36.1 Å². The summed E-state index contributed by atoms with van der Waals surface area (Å²) in [6.45, 7) is 2.70. The number of alkyl halides is 3. The second-order valence-electron chi connectivity index (χ2n) is 6.70. The van der Waals surface area contributed by atoms with Crippen molar-refractivity contribution in [2.45, 2.75) is 25.4 Å². The fourth-order valence-corrected chi connectivity index (χ4v) is 2.88. The number of benzene rings is 1. The van der Waals surface area contributed by atoms with Gasteiger partial charge in [0.15, 0.2) is 0 Å². The van der Waals surface area contributed by atoms with E-state index in [-0.39, 0.29) is 35.8 Å². The molecular formula is C19H15F4NO4. The average Bonchev–Trinajstić information content (AvgIpc) is 2.96. The summed E-state index contributed by atoms with van der Waals surface area (Å²) in [5, 5.41) is 0. The van der Waals surface area contributed by atoms with E-state index in [1.807, 2.05) is 0 Å². The van der Waals surface area contributed by atoms with Crippen molar-refractivity contribution in [2.75, 3.05) is 13.2 Å². The van der Waals surface area contributed by atoms with Crippen molar-refractivity contribution in [1.82, 2.24) is 4.98 Å². The summed E-state index contributed by atoms with van der Waals surface area (Å²) in [5.41, 5.74) is -1.26. The number of nitrogens with zero attached hydrogens (tertiary/aromatic N) is 1. The normalized spacial score (nSPS) is 18.4. The third kappa shape index (κ3) is 3.69. The third-order valence-electron chi connectivity index (χ3n) is 4.36. The minimum Gasteiger partial charge on any atom is -0.490 e. The van der Waals surface area contributed by atoms with Gasteiger partial charge in [-0.15, -0.1) is 0 Å². The van der Waals surface area contributed by atoms with Crippen molar-refractivity contribution in [2.24, 2.45) is 0 Å². The van der Waals surface area contributed by atoms with Gasteiger partial charge in [-0.1, -0.05) is 0 Å². The van der Waals surface area contributed by atoms with E-state index in [0.29, 0.717) is 0 Å². The van der Waals surface area contributed by atoms with Crippen LogP contribution >= 0.6 is 0 Å². The minimum atomic E-state index is -5.12. The summed E-state index contributed by atoms with van der Waals surface area (Å²) >= 11 is 0. The van der Waals surface area contributed by atoms with Gasteiger partial charge >= 0.3 is 12.1 Å². The fraction of sp³-hybridized carbons (Fsp3) is 0.316. The van der Waals surface area contributed by atoms with Crippen LogP contribution in [0.2, 0.25) is 0 Å². The van der Waals surface area contributed by atoms with Gasteiger partial charge in [-0.05, 0) is 37.3 Å². The Balaban J connectivity index is 2.18. The molecular weight excluding hydrogens is 382 g/mol. The van der Waals surface area contributed by atoms with Crippen LogP contribution in [0, 0.1) is 5.82 Å². The molecule has 0 amide bonds. The first kappa shape index (κ1) is 19.8. The zero-order chi connectivity index (χ0) is 20.7. The van der Waals surface area contributed by atoms with E-state index in [0.717, 1.165) is 18.2 Å². The van der Waals surface area contributed by atoms with Crippen molar-refractivity contribution in [1.29, 1.82) is 0 Å². The lowest BCUT2D eigenvalue weighted by molar-refractivity contribution is -0.142. The molecule has 1 aliphatic rings. The molecule has 1 aliphatic heterocycles. The Labute approximate surface area is 157 Å². The minimum absolute atomic E-state index is 0.00908. The van der Waals surface area contributed by atoms with Crippen LogP contribution in [0.5, 0.6) is 5.75 Å². The molecule has 9 heteroatoms. The zero-order valence-corrected chi connectivity index (χ0v) is 14.9. The lowest BCUT2D eigenvalue weighted by atomic mass is 9.84. The number of pyridine rings is 1. The van der Waals surface area contributed by atoms with Gasteiger partial charge < -0.3 is 9.47 Å². The van der Waals surface area contributed by atoms with Gasteiger partial charge in [-0.2, -0.15) is 13.2 Å². The molecule has 3 rings (SSSR count). The highest BCUT2D eigenvalue weighted by Gasteiger charge is 2.44. The van der Waals surface area contributed by atoms with Crippen molar-refractivity contribution in [3.8, 4) is 17.0 Å². The largest absolute Gasteiger partial charge is 0.490 e. The number of ether oxygens (including phenoxy) is 2. The Morgan fingerprint density at radius 1 is 1.25 bits per heavy atom. The molecule has 1 aromatic heterocycles.